The minimum Gasteiger partial charge on any atom is -0.444 e. The van der Waals surface area contributed by atoms with Crippen molar-refractivity contribution in [3.63, 3.8) is 0 Å². The lowest BCUT2D eigenvalue weighted by molar-refractivity contribution is 0.0632. The Morgan fingerprint density at radius 2 is 2.00 bits per heavy atom. The maximum atomic E-state index is 11.3. The van der Waals surface area contributed by atoms with E-state index >= 15 is 0 Å². The average Bonchev–Trinajstić information content (AvgIpc) is 2.47. The second-order valence-corrected chi connectivity index (χ2v) is 6.68. The van der Waals surface area contributed by atoms with Crippen LogP contribution >= 0.6 is 10.7 Å². The van der Waals surface area contributed by atoms with Crippen LogP contribution in [0.3, 0.4) is 0 Å². The van der Waals surface area contributed by atoms with Crippen LogP contribution in [0.15, 0.2) is 21.6 Å². The van der Waals surface area contributed by atoms with Gasteiger partial charge in [0.2, 0.25) is 11.0 Å². The summed E-state index contributed by atoms with van der Waals surface area (Å²) in [6, 6.07) is 2.40. The van der Waals surface area contributed by atoms with Crippen LogP contribution in [0.1, 0.15) is 20.8 Å². The highest BCUT2D eigenvalue weighted by Gasteiger charge is 2.19. The third kappa shape index (κ3) is 4.66. The maximum absolute atomic E-state index is 11.3. The number of carbonyl (C=O) groups is 1. The molecule has 6 nitrogen and oxygen atoms in total. The second-order valence-electron chi connectivity index (χ2n) is 4.18. The fourth-order valence-electron chi connectivity index (χ4n) is 0.923. The molecule has 0 unspecified atom stereocenters. The predicted molar refractivity (Wildman–Crippen MR) is 61.6 cm³/mol. The van der Waals surface area contributed by atoms with Gasteiger partial charge >= 0.3 is 6.09 Å². The minimum atomic E-state index is -3.94. The van der Waals surface area contributed by atoms with Crippen molar-refractivity contribution in [2.24, 2.45) is 0 Å². The summed E-state index contributed by atoms with van der Waals surface area (Å²) in [6.07, 6.45) is -0.745. The molecule has 1 N–H and O–H groups in total. The van der Waals surface area contributed by atoms with Crippen LogP contribution in [0.4, 0.5) is 10.7 Å². The fourth-order valence-corrected chi connectivity index (χ4v) is 1.59. The Morgan fingerprint density at radius 3 is 2.41 bits per heavy atom. The van der Waals surface area contributed by atoms with Gasteiger partial charge in [0.1, 0.15) is 5.60 Å². The Hall–Kier alpha value is -1.21. The number of anilines is 1. The second kappa shape index (κ2) is 4.58. The molecule has 0 spiro atoms. The van der Waals surface area contributed by atoms with E-state index in [1.807, 2.05) is 0 Å². The van der Waals surface area contributed by atoms with Crippen molar-refractivity contribution >= 4 is 31.7 Å². The molecule has 8 heteroatoms. The highest BCUT2D eigenvalue weighted by atomic mass is 35.7. The Labute approximate surface area is 103 Å². The zero-order valence-corrected chi connectivity index (χ0v) is 11.1. The topological polar surface area (TPSA) is 85.6 Å². The van der Waals surface area contributed by atoms with E-state index in [0.717, 1.165) is 6.07 Å². The van der Waals surface area contributed by atoms with Gasteiger partial charge < -0.3 is 9.15 Å². The van der Waals surface area contributed by atoms with Gasteiger partial charge in [-0.15, -0.1) is 0 Å². The monoisotopic (exact) mass is 281 g/mol. The van der Waals surface area contributed by atoms with Crippen LogP contribution in [0.2, 0.25) is 0 Å². The molecule has 0 atom stereocenters. The molecule has 0 aliphatic heterocycles. The first kappa shape index (κ1) is 13.9. The SMILES string of the molecule is CC(C)(C)OC(=O)Nc1ccc(S(=O)(=O)Cl)o1. The standard InChI is InChI=1S/C9H12ClNO5S/c1-9(2,3)16-8(12)11-6-4-5-7(15-6)17(10,13)14/h4-5H,1-3H3,(H,11,12). The number of halogens is 1. The first-order valence-corrected chi connectivity index (χ1v) is 6.93. The smallest absolute Gasteiger partial charge is 0.414 e. The summed E-state index contributed by atoms with van der Waals surface area (Å²) in [5.41, 5.74) is -0.655. The molecular weight excluding hydrogens is 270 g/mol. The highest BCUT2D eigenvalue weighted by molar-refractivity contribution is 8.13. The van der Waals surface area contributed by atoms with Gasteiger partial charge in [-0.25, -0.2) is 13.2 Å². The number of nitrogens with one attached hydrogen (secondary N) is 1. The minimum absolute atomic E-state index is 0.0570. The van der Waals surface area contributed by atoms with Crippen LogP contribution in [-0.2, 0) is 13.8 Å². The Kier molecular flexibility index (Phi) is 3.73. The molecule has 0 radical (unpaired) electrons. The van der Waals surface area contributed by atoms with Gasteiger partial charge in [-0.1, -0.05) is 0 Å². The van der Waals surface area contributed by atoms with Crippen LogP contribution < -0.4 is 5.32 Å². The Balaban J connectivity index is 2.71. The summed E-state index contributed by atoms with van der Waals surface area (Å²) >= 11 is 0. The molecule has 1 amide bonds. The van der Waals surface area contributed by atoms with E-state index in [0.29, 0.717) is 0 Å². The number of ether oxygens (including phenoxy) is 1. The zero-order valence-electron chi connectivity index (χ0n) is 9.48. The molecule has 0 saturated heterocycles. The van der Waals surface area contributed by atoms with E-state index in [2.05, 4.69) is 5.32 Å². The van der Waals surface area contributed by atoms with Crippen molar-refractivity contribution in [2.45, 2.75) is 31.5 Å². The quantitative estimate of drug-likeness (QED) is 0.842. The van der Waals surface area contributed by atoms with Crippen molar-refractivity contribution in [2.75, 3.05) is 5.32 Å². The molecule has 17 heavy (non-hydrogen) atoms. The van der Waals surface area contributed by atoms with E-state index < -0.39 is 25.8 Å². The van der Waals surface area contributed by atoms with Gasteiger partial charge in [-0.3, -0.25) is 5.32 Å². The Bertz CT molecular complexity index is 514. The van der Waals surface area contributed by atoms with E-state index in [1.54, 1.807) is 20.8 Å². The van der Waals surface area contributed by atoms with Gasteiger partial charge in [0, 0.05) is 16.7 Å². The number of rotatable bonds is 2. The van der Waals surface area contributed by atoms with Crippen LogP contribution in [0.25, 0.3) is 0 Å². The molecule has 1 aromatic heterocycles. The zero-order chi connectivity index (χ0) is 13.3. The number of hydrogen-bond donors (Lipinski definition) is 1. The fraction of sp³-hybridized carbons (Fsp3) is 0.444. The molecule has 1 rings (SSSR count). The summed E-state index contributed by atoms with van der Waals surface area (Å²) in [5.74, 6) is -0.0570. The third-order valence-corrected chi connectivity index (χ3v) is 2.60. The van der Waals surface area contributed by atoms with E-state index in [-0.39, 0.29) is 5.88 Å². The van der Waals surface area contributed by atoms with Gasteiger partial charge in [-0.05, 0) is 26.8 Å². The maximum Gasteiger partial charge on any atom is 0.414 e. The van der Waals surface area contributed by atoms with E-state index in [1.165, 1.54) is 6.07 Å². The summed E-state index contributed by atoms with van der Waals surface area (Å²) in [4.78, 5) is 11.3. The molecule has 0 aliphatic carbocycles. The van der Waals surface area contributed by atoms with Gasteiger partial charge in [-0.2, -0.15) is 0 Å². The molecule has 0 fully saturated rings. The Morgan fingerprint density at radius 1 is 1.41 bits per heavy atom. The first-order chi connectivity index (χ1) is 7.58. The summed E-state index contributed by atoms with van der Waals surface area (Å²) < 4.78 is 31.5. The average molecular weight is 282 g/mol. The van der Waals surface area contributed by atoms with Crippen LogP contribution in [0, 0.1) is 0 Å². The lowest BCUT2D eigenvalue weighted by Gasteiger charge is -2.18. The van der Waals surface area contributed by atoms with Crippen molar-refractivity contribution < 1.29 is 22.4 Å². The van der Waals surface area contributed by atoms with Crippen molar-refractivity contribution in [3.05, 3.63) is 12.1 Å². The van der Waals surface area contributed by atoms with Crippen molar-refractivity contribution in [1.82, 2.24) is 0 Å². The summed E-state index contributed by atoms with van der Waals surface area (Å²) in [6.45, 7) is 5.09. The van der Waals surface area contributed by atoms with Gasteiger partial charge in [0.15, 0.2) is 0 Å². The van der Waals surface area contributed by atoms with Gasteiger partial charge in [0.25, 0.3) is 9.05 Å². The predicted octanol–water partition coefficient (Wildman–Crippen LogP) is 2.55. The van der Waals surface area contributed by atoms with Crippen LogP contribution in [0.5, 0.6) is 0 Å². The molecular formula is C9H12ClNO5S. The van der Waals surface area contributed by atoms with E-state index in [9.17, 15) is 13.2 Å². The molecule has 0 aromatic carbocycles. The normalized spacial score (nSPS) is 12.2. The molecule has 0 aliphatic rings. The summed E-state index contributed by atoms with van der Waals surface area (Å²) in [5, 5.41) is 1.80. The lowest BCUT2D eigenvalue weighted by atomic mass is 10.2. The van der Waals surface area contributed by atoms with Crippen molar-refractivity contribution in [1.29, 1.82) is 0 Å². The number of carbonyl (C=O) groups excluding carboxylic acids is 1. The highest BCUT2D eigenvalue weighted by Crippen LogP contribution is 2.21. The molecule has 0 bridgehead atoms. The van der Waals surface area contributed by atoms with Gasteiger partial charge in [0.05, 0.1) is 0 Å². The molecule has 1 heterocycles. The van der Waals surface area contributed by atoms with Crippen molar-refractivity contribution in [3.8, 4) is 0 Å². The number of furan rings is 1. The number of hydrogen-bond acceptors (Lipinski definition) is 5. The largest absolute Gasteiger partial charge is 0.444 e. The van der Waals surface area contributed by atoms with E-state index in [4.69, 9.17) is 19.8 Å². The lowest BCUT2D eigenvalue weighted by Crippen LogP contribution is -2.27. The molecule has 96 valence electrons. The first-order valence-electron chi connectivity index (χ1n) is 4.62. The summed E-state index contributed by atoms with van der Waals surface area (Å²) in [7, 11) is 1.11. The number of amides is 1. The third-order valence-electron chi connectivity index (χ3n) is 1.45. The molecule has 0 saturated carbocycles. The molecule has 1 aromatic rings. The van der Waals surface area contributed by atoms with Crippen LogP contribution in [-0.4, -0.2) is 20.1 Å².